The van der Waals surface area contributed by atoms with Crippen LogP contribution in [0.15, 0.2) is 0 Å². The summed E-state index contributed by atoms with van der Waals surface area (Å²) in [5, 5.41) is 8.44. The van der Waals surface area contributed by atoms with Crippen LogP contribution in [0.1, 0.15) is 26.7 Å². The number of nitrogens with one attached hydrogen (secondary N) is 1. The second-order valence-electron chi connectivity index (χ2n) is 4.09. The van der Waals surface area contributed by atoms with E-state index in [0.717, 1.165) is 0 Å². The summed E-state index contributed by atoms with van der Waals surface area (Å²) in [5.41, 5.74) is 0. The molecule has 0 atom stereocenters. The van der Waals surface area contributed by atoms with Crippen LogP contribution in [0.4, 0.5) is 0 Å². The molecule has 0 spiro atoms. The van der Waals surface area contributed by atoms with E-state index in [1.165, 1.54) is 0 Å². The second kappa shape index (κ2) is 8.92. The van der Waals surface area contributed by atoms with Crippen molar-refractivity contribution in [3.8, 4) is 0 Å². The van der Waals surface area contributed by atoms with E-state index in [1.54, 1.807) is 0 Å². The molecule has 6 heteroatoms. The average molecular weight is 253 g/mol. The van der Waals surface area contributed by atoms with Gasteiger partial charge in [-0.05, 0) is 18.8 Å². The summed E-state index contributed by atoms with van der Waals surface area (Å²) in [6.07, 6.45) is 1.30. The molecule has 0 aromatic heterocycles. The lowest BCUT2D eigenvalue weighted by molar-refractivity contribution is 0.0913. The maximum atomic E-state index is 11.4. The third kappa shape index (κ3) is 10.4. The van der Waals surface area contributed by atoms with E-state index in [1.807, 2.05) is 13.8 Å². The molecule has 16 heavy (non-hydrogen) atoms. The van der Waals surface area contributed by atoms with Crippen molar-refractivity contribution in [1.82, 2.24) is 4.72 Å². The molecular formula is C10H23NO4S. The van der Waals surface area contributed by atoms with Gasteiger partial charge in [-0.25, -0.2) is 13.1 Å². The van der Waals surface area contributed by atoms with Crippen LogP contribution < -0.4 is 4.72 Å². The molecule has 0 aliphatic rings. The summed E-state index contributed by atoms with van der Waals surface area (Å²) >= 11 is 0. The molecule has 5 nitrogen and oxygen atoms in total. The summed E-state index contributed by atoms with van der Waals surface area (Å²) in [6.45, 7) is 5.16. The Morgan fingerprint density at radius 3 is 2.56 bits per heavy atom. The van der Waals surface area contributed by atoms with E-state index < -0.39 is 10.0 Å². The first-order valence-corrected chi connectivity index (χ1v) is 7.29. The van der Waals surface area contributed by atoms with Crippen molar-refractivity contribution in [2.75, 3.05) is 32.1 Å². The Hall–Kier alpha value is -0.170. The van der Waals surface area contributed by atoms with Crippen molar-refractivity contribution < 1.29 is 18.3 Å². The van der Waals surface area contributed by atoms with Gasteiger partial charge in [0.2, 0.25) is 10.0 Å². The number of aliphatic hydroxyl groups is 1. The Balaban J connectivity index is 3.51. The van der Waals surface area contributed by atoms with Crippen molar-refractivity contribution in [3.05, 3.63) is 0 Å². The lowest BCUT2D eigenvalue weighted by Gasteiger charge is -2.08. The van der Waals surface area contributed by atoms with Gasteiger partial charge in [0.1, 0.15) is 0 Å². The first-order valence-electron chi connectivity index (χ1n) is 5.64. The van der Waals surface area contributed by atoms with Crippen LogP contribution in [0.2, 0.25) is 0 Å². The number of sulfonamides is 1. The quantitative estimate of drug-likeness (QED) is 0.551. The van der Waals surface area contributed by atoms with Gasteiger partial charge in [0.25, 0.3) is 0 Å². The van der Waals surface area contributed by atoms with Crippen molar-refractivity contribution in [2.24, 2.45) is 5.92 Å². The number of aliphatic hydroxyl groups excluding tert-OH is 1. The smallest absolute Gasteiger partial charge is 0.211 e. The minimum atomic E-state index is -3.12. The van der Waals surface area contributed by atoms with Crippen LogP contribution in [0.5, 0.6) is 0 Å². The molecule has 0 aromatic rings. The van der Waals surface area contributed by atoms with Gasteiger partial charge in [0.15, 0.2) is 0 Å². The van der Waals surface area contributed by atoms with Crippen LogP contribution in [-0.4, -0.2) is 45.6 Å². The van der Waals surface area contributed by atoms with E-state index in [-0.39, 0.29) is 12.4 Å². The summed E-state index contributed by atoms with van der Waals surface area (Å²) in [7, 11) is -3.12. The number of ether oxygens (including phenoxy) is 1. The molecule has 0 aliphatic carbocycles. The van der Waals surface area contributed by atoms with Crippen molar-refractivity contribution >= 4 is 10.0 Å². The molecule has 0 saturated carbocycles. The third-order valence-corrected chi connectivity index (χ3v) is 3.40. The lowest BCUT2D eigenvalue weighted by Crippen LogP contribution is -2.28. The Kier molecular flexibility index (Phi) is 8.83. The van der Waals surface area contributed by atoms with Gasteiger partial charge in [-0.2, -0.15) is 0 Å². The molecular weight excluding hydrogens is 230 g/mol. The molecule has 2 N–H and O–H groups in total. The van der Waals surface area contributed by atoms with Crippen molar-refractivity contribution in [3.63, 3.8) is 0 Å². The average Bonchev–Trinajstić information content (AvgIpc) is 2.21. The normalized spacial score (nSPS) is 12.2. The van der Waals surface area contributed by atoms with Crippen LogP contribution in [-0.2, 0) is 14.8 Å². The maximum absolute atomic E-state index is 11.4. The topological polar surface area (TPSA) is 75.6 Å². The van der Waals surface area contributed by atoms with Crippen LogP contribution in [0, 0.1) is 5.92 Å². The Morgan fingerprint density at radius 1 is 1.31 bits per heavy atom. The largest absolute Gasteiger partial charge is 0.394 e. The minimum absolute atomic E-state index is 0.000115. The highest BCUT2D eigenvalue weighted by molar-refractivity contribution is 7.89. The fourth-order valence-electron chi connectivity index (χ4n) is 1.03. The first-order chi connectivity index (χ1) is 7.48. The van der Waals surface area contributed by atoms with E-state index >= 15 is 0 Å². The summed E-state index contributed by atoms with van der Waals surface area (Å²) in [5.74, 6) is 0.576. The molecule has 0 saturated heterocycles. The highest BCUT2D eigenvalue weighted by Crippen LogP contribution is 2.01. The fourth-order valence-corrected chi connectivity index (χ4v) is 2.41. The molecule has 0 amide bonds. The standard InChI is InChI=1S/C10H23NO4S/c1-10(2)4-9-16(13,14)11-5-3-7-15-8-6-12/h10-12H,3-9H2,1-2H3. The van der Waals surface area contributed by atoms with Gasteiger partial charge >= 0.3 is 0 Å². The highest BCUT2D eigenvalue weighted by Gasteiger charge is 2.09. The summed E-state index contributed by atoms with van der Waals surface area (Å²) in [4.78, 5) is 0. The lowest BCUT2D eigenvalue weighted by atomic mass is 10.2. The third-order valence-electron chi connectivity index (χ3n) is 1.99. The number of hydrogen-bond donors (Lipinski definition) is 2. The first kappa shape index (κ1) is 15.8. The van der Waals surface area contributed by atoms with Crippen molar-refractivity contribution in [2.45, 2.75) is 26.7 Å². The minimum Gasteiger partial charge on any atom is -0.394 e. The Labute approximate surface area is 98.2 Å². The Bertz CT molecular complexity index is 252. The van der Waals surface area contributed by atoms with Gasteiger partial charge in [-0.1, -0.05) is 13.8 Å². The number of rotatable bonds is 10. The van der Waals surface area contributed by atoms with E-state index in [4.69, 9.17) is 9.84 Å². The molecule has 98 valence electrons. The van der Waals surface area contributed by atoms with Crippen LogP contribution >= 0.6 is 0 Å². The van der Waals surface area contributed by atoms with Gasteiger partial charge in [0, 0.05) is 13.2 Å². The SMILES string of the molecule is CC(C)CCS(=O)(=O)NCCCOCCO. The zero-order chi connectivity index (χ0) is 12.4. The van der Waals surface area contributed by atoms with Crippen molar-refractivity contribution in [1.29, 1.82) is 0 Å². The predicted molar refractivity (Wildman–Crippen MR) is 63.8 cm³/mol. The van der Waals surface area contributed by atoms with E-state index in [0.29, 0.717) is 38.5 Å². The van der Waals surface area contributed by atoms with Gasteiger partial charge in [-0.3, -0.25) is 0 Å². The molecule has 0 bridgehead atoms. The molecule has 0 rings (SSSR count). The maximum Gasteiger partial charge on any atom is 0.211 e. The zero-order valence-corrected chi connectivity index (χ0v) is 10.9. The predicted octanol–water partition coefficient (Wildman–Crippen LogP) is 0.351. The molecule has 0 heterocycles. The molecule has 0 aliphatic heterocycles. The molecule has 0 fully saturated rings. The van der Waals surface area contributed by atoms with E-state index in [9.17, 15) is 8.42 Å². The number of hydrogen-bond acceptors (Lipinski definition) is 4. The fraction of sp³-hybridized carbons (Fsp3) is 1.00. The van der Waals surface area contributed by atoms with Gasteiger partial charge in [0.05, 0.1) is 19.0 Å². The monoisotopic (exact) mass is 253 g/mol. The molecule has 0 aromatic carbocycles. The highest BCUT2D eigenvalue weighted by atomic mass is 32.2. The molecule has 0 radical (unpaired) electrons. The van der Waals surface area contributed by atoms with Crippen LogP contribution in [0.3, 0.4) is 0 Å². The Morgan fingerprint density at radius 2 is 2.00 bits per heavy atom. The van der Waals surface area contributed by atoms with E-state index in [2.05, 4.69) is 4.72 Å². The van der Waals surface area contributed by atoms with Gasteiger partial charge in [-0.15, -0.1) is 0 Å². The van der Waals surface area contributed by atoms with Gasteiger partial charge < -0.3 is 9.84 Å². The summed E-state index contributed by atoms with van der Waals surface area (Å²) < 4.78 is 30.4. The second-order valence-corrected chi connectivity index (χ2v) is 6.01. The van der Waals surface area contributed by atoms with Crippen LogP contribution in [0.25, 0.3) is 0 Å². The molecule has 0 unspecified atom stereocenters. The zero-order valence-electron chi connectivity index (χ0n) is 10.1. The summed E-state index contributed by atoms with van der Waals surface area (Å²) in [6, 6.07) is 0.